The van der Waals surface area contributed by atoms with E-state index in [1.807, 2.05) is 43.0 Å². The van der Waals surface area contributed by atoms with Gasteiger partial charge in [0.25, 0.3) is 0 Å². The lowest BCUT2D eigenvalue weighted by atomic mass is 9.83. The van der Waals surface area contributed by atoms with Crippen LogP contribution in [0.25, 0.3) is 0 Å². The highest BCUT2D eigenvalue weighted by Crippen LogP contribution is 2.55. The number of aromatic hydroxyl groups is 1. The van der Waals surface area contributed by atoms with Gasteiger partial charge in [0, 0.05) is 33.8 Å². The summed E-state index contributed by atoms with van der Waals surface area (Å²) in [6, 6.07) is 13.8. The number of oxazole rings is 1. The molecule has 1 aliphatic heterocycles. The lowest BCUT2D eigenvalue weighted by Gasteiger charge is -2.46. The molecule has 0 spiro atoms. The van der Waals surface area contributed by atoms with Crippen molar-refractivity contribution in [1.82, 2.24) is 4.98 Å². The van der Waals surface area contributed by atoms with Gasteiger partial charge in [0.2, 0.25) is 0 Å². The van der Waals surface area contributed by atoms with Crippen molar-refractivity contribution in [2.75, 3.05) is 4.90 Å². The van der Waals surface area contributed by atoms with Crippen LogP contribution in [0.1, 0.15) is 63.8 Å². The lowest BCUT2D eigenvalue weighted by Crippen LogP contribution is -2.49. The van der Waals surface area contributed by atoms with Crippen LogP contribution in [0.15, 0.2) is 53.1 Å². The summed E-state index contributed by atoms with van der Waals surface area (Å²) in [4.78, 5) is 6.95. The van der Waals surface area contributed by atoms with Crippen molar-refractivity contribution in [3.05, 3.63) is 76.5 Å². The SMILES string of the molecule is Cc1coc(C(C)(C)CC2(SC(C)(C)C)Cc3cc(O)ccc3N2Cc2ccc(Cl)cc2)n1. The van der Waals surface area contributed by atoms with Crippen molar-refractivity contribution in [2.24, 2.45) is 0 Å². The molecule has 0 radical (unpaired) electrons. The van der Waals surface area contributed by atoms with Gasteiger partial charge in [-0.05, 0) is 54.8 Å². The first-order valence-corrected chi connectivity index (χ1v) is 12.5. The first kappa shape index (κ1) is 24.0. The molecule has 0 saturated carbocycles. The summed E-state index contributed by atoms with van der Waals surface area (Å²) in [7, 11) is 0. The van der Waals surface area contributed by atoms with Gasteiger partial charge in [-0.1, -0.05) is 58.4 Å². The molecule has 4 nitrogen and oxygen atoms in total. The molecule has 0 amide bonds. The molecule has 1 N–H and O–H groups in total. The maximum Gasteiger partial charge on any atom is 0.199 e. The number of hydrogen-bond donors (Lipinski definition) is 1. The van der Waals surface area contributed by atoms with E-state index >= 15 is 0 Å². The molecule has 2 aromatic carbocycles. The van der Waals surface area contributed by atoms with Crippen LogP contribution < -0.4 is 4.90 Å². The molecule has 6 heteroatoms. The van der Waals surface area contributed by atoms with E-state index in [4.69, 9.17) is 16.0 Å². The fourth-order valence-electron chi connectivity index (χ4n) is 4.88. The number of nitrogens with zero attached hydrogens (tertiary/aromatic N) is 2. The molecule has 0 aliphatic carbocycles. The minimum absolute atomic E-state index is 0.0188. The van der Waals surface area contributed by atoms with E-state index in [-0.39, 0.29) is 15.0 Å². The molecule has 1 aliphatic rings. The third-order valence-corrected chi connectivity index (χ3v) is 7.73. The second-order valence-electron chi connectivity index (χ2n) is 10.7. The van der Waals surface area contributed by atoms with Crippen LogP contribution in [-0.2, 0) is 18.4 Å². The standard InChI is InChI=1S/C27H33ClN2O2S/c1-18-16-32-24(29-18)26(5,6)17-27(33-25(2,3)4)14-20-13-22(31)11-12-23(20)30(27)15-19-7-9-21(28)10-8-19/h7-13,16,31H,14-15,17H2,1-6H3. The number of hydrogen-bond acceptors (Lipinski definition) is 5. The zero-order chi connectivity index (χ0) is 24.0. The van der Waals surface area contributed by atoms with Crippen molar-refractivity contribution >= 4 is 29.1 Å². The maximum atomic E-state index is 10.3. The van der Waals surface area contributed by atoms with Crippen LogP contribution in [0, 0.1) is 6.92 Å². The van der Waals surface area contributed by atoms with E-state index in [0.717, 1.165) is 36.0 Å². The number of aryl methyl sites for hydroxylation is 1. The molecule has 0 saturated heterocycles. The first-order chi connectivity index (χ1) is 15.4. The Morgan fingerprint density at radius 3 is 2.42 bits per heavy atom. The van der Waals surface area contributed by atoms with E-state index in [0.29, 0.717) is 5.75 Å². The van der Waals surface area contributed by atoms with Gasteiger partial charge in [-0.15, -0.1) is 11.8 Å². The number of anilines is 1. The number of halogens is 1. The van der Waals surface area contributed by atoms with Crippen molar-refractivity contribution in [3.8, 4) is 5.75 Å². The molecule has 0 bridgehead atoms. The van der Waals surface area contributed by atoms with Crippen LogP contribution >= 0.6 is 23.4 Å². The fourth-order valence-corrected chi connectivity index (χ4v) is 7.08. The molecule has 4 rings (SSSR count). The molecule has 3 aromatic rings. The van der Waals surface area contributed by atoms with Gasteiger partial charge >= 0.3 is 0 Å². The maximum absolute atomic E-state index is 10.3. The van der Waals surface area contributed by atoms with Gasteiger partial charge in [0.05, 0.1) is 10.6 Å². The average molecular weight is 485 g/mol. The molecule has 2 heterocycles. The summed E-state index contributed by atoms with van der Waals surface area (Å²) < 4.78 is 5.90. The van der Waals surface area contributed by atoms with Gasteiger partial charge in [0.1, 0.15) is 12.0 Å². The van der Waals surface area contributed by atoms with E-state index < -0.39 is 0 Å². The Labute approximate surface area is 206 Å². The summed E-state index contributed by atoms with van der Waals surface area (Å²) in [6.07, 6.45) is 3.40. The van der Waals surface area contributed by atoms with E-state index in [2.05, 4.69) is 56.6 Å². The van der Waals surface area contributed by atoms with Crippen molar-refractivity contribution < 1.29 is 9.52 Å². The van der Waals surface area contributed by atoms with Crippen LogP contribution in [-0.4, -0.2) is 19.7 Å². The van der Waals surface area contributed by atoms with Crippen molar-refractivity contribution in [1.29, 1.82) is 0 Å². The van der Waals surface area contributed by atoms with Gasteiger partial charge in [-0.25, -0.2) is 4.98 Å². The molecule has 1 atom stereocenters. The average Bonchev–Trinajstić information content (AvgIpc) is 3.24. The second kappa shape index (κ2) is 8.59. The number of aromatic nitrogens is 1. The fraction of sp³-hybridized carbons (Fsp3) is 0.444. The van der Waals surface area contributed by atoms with Gasteiger partial charge < -0.3 is 14.4 Å². The molecule has 0 fully saturated rings. The number of benzene rings is 2. The summed E-state index contributed by atoms with van der Waals surface area (Å²) in [5, 5.41) is 11.0. The first-order valence-electron chi connectivity index (χ1n) is 11.3. The third-order valence-electron chi connectivity index (χ3n) is 5.98. The molecule has 1 aromatic heterocycles. The Morgan fingerprint density at radius 1 is 1.12 bits per heavy atom. The number of thioether (sulfide) groups is 1. The third kappa shape index (κ3) is 5.20. The number of phenolic OH excluding ortho intramolecular Hbond substituents is 1. The Morgan fingerprint density at radius 2 is 1.82 bits per heavy atom. The van der Waals surface area contributed by atoms with Crippen LogP contribution in [0.3, 0.4) is 0 Å². The van der Waals surface area contributed by atoms with Gasteiger partial charge in [-0.2, -0.15) is 0 Å². The second-order valence-corrected chi connectivity index (χ2v) is 13.3. The quantitative estimate of drug-likeness (QED) is 0.392. The monoisotopic (exact) mass is 484 g/mol. The largest absolute Gasteiger partial charge is 0.508 e. The minimum atomic E-state index is -0.283. The summed E-state index contributed by atoms with van der Waals surface area (Å²) in [6.45, 7) is 13.9. The molecule has 176 valence electrons. The van der Waals surface area contributed by atoms with E-state index in [1.165, 1.54) is 16.8 Å². The normalized spacial score (nSPS) is 18.6. The van der Waals surface area contributed by atoms with Crippen LogP contribution in [0.5, 0.6) is 5.75 Å². The molecule has 33 heavy (non-hydrogen) atoms. The zero-order valence-electron chi connectivity index (χ0n) is 20.3. The zero-order valence-corrected chi connectivity index (χ0v) is 21.8. The summed E-state index contributed by atoms with van der Waals surface area (Å²) in [5.41, 5.74) is 4.14. The summed E-state index contributed by atoms with van der Waals surface area (Å²) in [5.74, 6) is 1.07. The Hall–Kier alpha value is -2.11. The predicted octanol–water partition coefficient (Wildman–Crippen LogP) is 7.50. The van der Waals surface area contributed by atoms with Crippen LogP contribution in [0.4, 0.5) is 5.69 Å². The topological polar surface area (TPSA) is 49.5 Å². The lowest BCUT2D eigenvalue weighted by molar-refractivity contribution is 0.309. The van der Waals surface area contributed by atoms with Gasteiger partial charge in [-0.3, -0.25) is 0 Å². The van der Waals surface area contributed by atoms with Crippen molar-refractivity contribution in [2.45, 2.75) is 76.0 Å². The molecular weight excluding hydrogens is 452 g/mol. The van der Waals surface area contributed by atoms with E-state index in [1.54, 1.807) is 12.3 Å². The Balaban J connectivity index is 1.82. The minimum Gasteiger partial charge on any atom is -0.508 e. The van der Waals surface area contributed by atoms with Gasteiger partial charge in [0.15, 0.2) is 5.89 Å². The smallest absolute Gasteiger partial charge is 0.199 e. The number of fused-ring (bicyclic) bond motifs is 1. The number of phenols is 1. The highest BCUT2D eigenvalue weighted by Gasteiger charge is 2.50. The predicted molar refractivity (Wildman–Crippen MR) is 138 cm³/mol. The van der Waals surface area contributed by atoms with Crippen molar-refractivity contribution in [3.63, 3.8) is 0 Å². The van der Waals surface area contributed by atoms with Crippen LogP contribution in [0.2, 0.25) is 5.02 Å². The highest BCUT2D eigenvalue weighted by molar-refractivity contribution is 8.02. The Kier molecular flexibility index (Phi) is 6.25. The summed E-state index contributed by atoms with van der Waals surface area (Å²) >= 11 is 8.15. The van der Waals surface area contributed by atoms with E-state index in [9.17, 15) is 5.11 Å². The Bertz CT molecular complexity index is 1130. The molecule has 1 unspecified atom stereocenters. The molecular formula is C27H33ClN2O2S. The number of rotatable bonds is 6. The highest BCUT2D eigenvalue weighted by atomic mass is 35.5.